The summed E-state index contributed by atoms with van der Waals surface area (Å²) in [6.07, 6.45) is 0. The smallest absolute Gasteiger partial charge is 0.296 e. The molecule has 0 bridgehead atoms. The molecule has 0 aliphatic carbocycles. The van der Waals surface area contributed by atoms with Gasteiger partial charge >= 0.3 is 0 Å². The van der Waals surface area contributed by atoms with Crippen LogP contribution >= 0.6 is 0 Å². The molecular formula is C14H31NO6. The molecule has 0 saturated carbocycles. The summed E-state index contributed by atoms with van der Waals surface area (Å²) in [6, 6.07) is 0. The maximum absolute atomic E-state index is 5.75. The highest BCUT2D eigenvalue weighted by molar-refractivity contribution is 4.59. The van der Waals surface area contributed by atoms with Crippen molar-refractivity contribution in [3.8, 4) is 0 Å². The minimum absolute atomic E-state index is 0.0807. The van der Waals surface area contributed by atoms with E-state index in [0.717, 1.165) is 0 Å². The zero-order valence-electron chi connectivity index (χ0n) is 13.6. The second-order valence-corrected chi connectivity index (χ2v) is 4.02. The SMILES string of the molecule is CCOCCOC(CN)(OCCOCC)OCCOCC. The Kier molecular flexibility index (Phi) is 14.5. The molecule has 7 heteroatoms. The van der Waals surface area contributed by atoms with E-state index in [1.54, 1.807) is 0 Å². The highest BCUT2D eigenvalue weighted by Crippen LogP contribution is 2.14. The van der Waals surface area contributed by atoms with Crippen LogP contribution in [0.1, 0.15) is 20.8 Å². The number of rotatable bonds is 16. The van der Waals surface area contributed by atoms with Gasteiger partial charge in [0.1, 0.15) is 0 Å². The lowest BCUT2D eigenvalue weighted by atomic mass is 10.5. The highest BCUT2D eigenvalue weighted by atomic mass is 16.9. The Bertz CT molecular complexity index is 186. The van der Waals surface area contributed by atoms with E-state index in [0.29, 0.717) is 59.5 Å². The van der Waals surface area contributed by atoms with E-state index >= 15 is 0 Å². The molecule has 21 heavy (non-hydrogen) atoms. The number of ether oxygens (including phenoxy) is 6. The average molecular weight is 309 g/mol. The molecule has 0 unspecified atom stereocenters. The molecule has 0 rings (SSSR count). The third kappa shape index (κ3) is 11.0. The Morgan fingerprint density at radius 2 is 0.952 bits per heavy atom. The van der Waals surface area contributed by atoms with Gasteiger partial charge in [0.05, 0.1) is 46.2 Å². The lowest BCUT2D eigenvalue weighted by Crippen LogP contribution is -2.48. The quantitative estimate of drug-likeness (QED) is 0.333. The summed E-state index contributed by atoms with van der Waals surface area (Å²) in [5, 5.41) is 0. The Balaban J connectivity index is 4.22. The first-order valence-corrected chi connectivity index (χ1v) is 7.59. The van der Waals surface area contributed by atoms with Crippen molar-refractivity contribution in [2.45, 2.75) is 26.7 Å². The van der Waals surface area contributed by atoms with E-state index in [-0.39, 0.29) is 6.54 Å². The van der Waals surface area contributed by atoms with Gasteiger partial charge in [-0.3, -0.25) is 0 Å². The predicted octanol–water partition coefficient (Wildman–Crippen LogP) is 0.758. The molecule has 0 aromatic rings. The molecule has 0 aromatic heterocycles. The van der Waals surface area contributed by atoms with Crippen LogP contribution in [0.5, 0.6) is 0 Å². The molecule has 2 N–H and O–H groups in total. The van der Waals surface area contributed by atoms with Crippen molar-refractivity contribution in [2.75, 3.05) is 66.0 Å². The Labute approximate surface area is 128 Å². The molecule has 0 radical (unpaired) electrons. The molecule has 0 atom stereocenters. The summed E-state index contributed by atoms with van der Waals surface area (Å²) in [5.41, 5.74) is 5.75. The summed E-state index contributed by atoms with van der Waals surface area (Å²) < 4.78 is 32.6. The third-order valence-electron chi connectivity index (χ3n) is 2.51. The average Bonchev–Trinajstić information content (AvgIpc) is 2.51. The minimum atomic E-state index is -1.27. The van der Waals surface area contributed by atoms with Crippen LogP contribution in [0.4, 0.5) is 0 Å². The maximum Gasteiger partial charge on any atom is 0.296 e. The zero-order valence-corrected chi connectivity index (χ0v) is 13.6. The van der Waals surface area contributed by atoms with Gasteiger partial charge in [0.2, 0.25) is 0 Å². The van der Waals surface area contributed by atoms with Crippen LogP contribution in [0.15, 0.2) is 0 Å². The molecule has 0 spiro atoms. The monoisotopic (exact) mass is 309 g/mol. The van der Waals surface area contributed by atoms with Crippen LogP contribution < -0.4 is 5.73 Å². The normalized spacial score (nSPS) is 12.0. The van der Waals surface area contributed by atoms with Crippen LogP contribution in [0, 0.1) is 0 Å². The van der Waals surface area contributed by atoms with Crippen molar-refractivity contribution in [3.05, 3.63) is 0 Å². The third-order valence-corrected chi connectivity index (χ3v) is 2.51. The molecule has 0 aromatic carbocycles. The lowest BCUT2D eigenvalue weighted by molar-refractivity contribution is -0.378. The summed E-state index contributed by atoms with van der Waals surface area (Å²) >= 11 is 0. The first kappa shape index (κ1) is 20.7. The van der Waals surface area contributed by atoms with Crippen molar-refractivity contribution < 1.29 is 28.4 Å². The van der Waals surface area contributed by atoms with Gasteiger partial charge in [-0.2, -0.15) is 0 Å². The van der Waals surface area contributed by atoms with Crippen LogP contribution in [-0.2, 0) is 28.4 Å². The van der Waals surface area contributed by atoms with Gasteiger partial charge in [0.25, 0.3) is 5.97 Å². The fraction of sp³-hybridized carbons (Fsp3) is 1.00. The van der Waals surface area contributed by atoms with Crippen molar-refractivity contribution in [1.82, 2.24) is 0 Å². The zero-order chi connectivity index (χ0) is 15.8. The van der Waals surface area contributed by atoms with Crippen LogP contribution in [-0.4, -0.2) is 72.0 Å². The van der Waals surface area contributed by atoms with E-state index in [2.05, 4.69) is 0 Å². The largest absolute Gasteiger partial charge is 0.379 e. The van der Waals surface area contributed by atoms with E-state index in [4.69, 9.17) is 34.2 Å². The summed E-state index contributed by atoms with van der Waals surface area (Å²) in [4.78, 5) is 0. The molecule has 128 valence electrons. The fourth-order valence-corrected chi connectivity index (χ4v) is 1.50. The molecule has 0 fully saturated rings. The van der Waals surface area contributed by atoms with E-state index in [9.17, 15) is 0 Å². The first-order chi connectivity index (χ1) is 10.2. The predicted molar refractivity (Wildman–Crippen MR) is 79.1 cm³/mol. The van der Waals surface area contributed by atoms with Gasteiger partial charge in [-0.15, -0.1) is 0 Å². The number of nitrogens with two attached hydrogens (primary N) is 1. The van der Waals surface area contributed by atoms with Gasteiger partial charge in [0.15, 0.2) is 0 Å². The molecular weight excluding hydrogens is 278 g/mol. The van der Waals surface area contributed by atoms with Gasteiger partial charge in [-0.1, -0.05) is 0 Å². The Morgan fingerprint density at radius 1 is 0.619 bits per heavy atom. The van der Waals surface area contributed by atoms with Crippen molar-refractivity contribution in [2.24, 2.45) is 5.73 Å². The molecule has 0 aliphatic rings. The molecule has 7 nitrogen and oxygen atoms in total. The van der Waals surface area contributed by atoms with Crippen LogP contribution in [0.2, 0.25) is 0 Å². The van der Waals surface area contributed by atoms with Gasteiger partial charge in [-0.05, 0) is 20.8 Å². The van der Waals surface area contributed by atoms with Crippen molar-refractivity contribution >= 4 is 0 Å². The molecule has 0 aliphatic heterocycles. The Morgan fingerprint density at radius 3 is 1.19 bits per heavy atom. The highest BCUT2D eigenvalue weighted by Gasteiger charge is 2.32. The van der Waals surface area contributed by atoms with E-state index in [1.807, 2.05) is 20.8 Å². The van der Waals surface area contributed by atoms with Gasteiger partial charge < -0.3 is 34.2 Å². The van der Waals surface area contributed by atoms with Crippen LogP contribution in [0.25, 0.3) is 0 Å². The van der Waals surface area contributed by atoms with Crippen molar-refractivity contribution in [3.63, 3.8) is 0 Å². The number of hydrogen-bond donors (Lipinski definition) is 1. The van der Waals surface area contributed by atoms with E-state index in [1.165, 1.54) is 0 Å². The first-order valence-electron chi connectivity index (χ1n) is 7.59. The van der Waals surface area contributed by atoms with Gasteiger partial charge in [0, 0.05) is 19.8 Å². The topological polar surface area (TPSA) is 81.4 Å². The molecule has 0 amide bonds. The standard InChI is InChI=1S/C14H31NO6/c1-4-16-7-10-19-14(13-15,20-11-8-17-5-2)21-12-9-18-6-3/h4-13,15H2,1-3H3. The molecule has 0 heterocycles. The van der Waals surface area contributed by atoms with Crippen molar-refractivity contribution in [1.29, 1.82) is 0 Å². The van der Waals surface area contributed by atoms with Gasteiger partial charge in [-0.25, -0.2) is 0 Å². The minimum Gasteiger partial charge on any atom is -0.379 e. The summed E-state index contributed by atoms with van der Waals surface area (Å²) in [6.45, 7) is 10.2. The Hall–Kier alpha value is -0.280. The summed E-state index contributed by atoms with van der Waals surface area (Å²) in [7, 11) is 0. The summed E-state index contributed by atoms with van der Waals surface area (Å²) in [5.74, 6) is -1.27. The second kappa shape index (κ2) is 14.6. The fourth-order valence-electron chi connectivity index (χ4n) is 1.50. The van der Waals surface area contributed by atoms with E-state index < -0.39 is 5.97 Å². The molecule has 0 saturated heterocycles. The number of hydrogen-bond acceptors (Lipinski definition) is 7. The second-order valence-electron chi connectivity index (χ2n) is 4.02. The lowest BCUT2D eigenvalue weighted by Gasteiger charge is -2.32. The van der Waals surface area contributed by atoms with Crippen LogP contribution in [0.3, 0.4) is 0 Å². The maximum atomic E-state index is 5.75.